The van der Waals surface area contributed by atoms with Crippen LogP contribution in [0.2, 0.25) is 0 Å². The summed E-state index contributed by atoms with van der Waals surface area (Å²) in [5.74, 6) is -2.44. The molecule has 0 amide bonds. The Kier molecular flexibility index (Phi) is 9.55. The van der Waals surface area contributed by atoms with Gasteiger partial charge in [0, 0.05) is 0 Å². The average Bonchev–Trinajstić information content (AvgIpc) is 2.62. The van der Waals surface area contributed by atoms with Crippen LogP contribution in [0.1, 0.15) is 61.3 Å². The van der Waals surface area contributed by atoms with Gasteiger partial charge in [0.05, 0.1) is 30.9 Å². The fraction of sp³-hybridized carbons (Fsp3) is 0.556. The van der Waals surface area contributed by atoms with Gasteiger partial charge in [0.2, 0.25) is 5.85 Å². The molecule has 0 saturated heterocycles. The molecule has 1 aromatic rings. The fourth-order valence-corrected chi connectivity index (χ4v) is 4.25. The van der Waals surface area contributed by atoms with Crippen LogP contribution < -0.4 is 0 Å². The summed E-state index contributed by atoms with van der Waals surface area (Å²) in [6, 6.07) is 6.18. The first-order valence-corrected chi connectivity index (χ1v) is 10.4. The van der Waals surface area contributed by atoms with E-state index in [0.717, 1.165) is 0 Å². The summed E-state index contributed by atoms with van der Waals surface area (Å²) in [5.41, 5.74) is 0.142. The molecule has 0 aliphatic heterocycles. The van der Waals surface area contributed by atoms with Crippen molar-refractivity contribution in [2.45, 2.75) is 46.4 Å². The number of ether oxygens (including phenoxy) is 2. The van der Waals surface area contributed by atoms with Crippen LogP contribution >= 0.6 is 7.60 Å². The summed E-state index contributed by atoms with van der Waals surface area (Å²) >= 11 is 0. The van der Waals surface area contributed by atoms with Crippen molar-refractivity contribution in [2.24, 2.45) is 0 Å². The molecular weight excluding hydrogens is 359 g/mol. The summed E-state index contributed by atoms with van der Waals surface area (Å²) in [6.45, 7) is 7.43. The maximum atomic E-state index is 13.0. The van der Waals surface area contributed by atoms with E-state index in [-0.39, 0.29) is 30.9 Å². The van der Waals surface area contributed by atoms with E-state index in [2.05, 4.69) is 0 Å². The molecule has 26 heavy (non-hydrogen) atoms. The molecule has 0 heterocycles. The van der Waals surface area contributed by atoms with E-state index >= 15 is 0 Å². The van der Waals surface area contributed by atoms with Crippen LogP contribution in [-0.4, -0.2) is 37.6 Å². The van der Waals surface area contributed by atoms with Gasteiger partial charge in [-0.25, -0.2) is 9.59 Å². The molecule has 1 atom stereocenters. The summed E-state index contributed by atoms with van der Waals surface area (Å²) < 4.78 is 34.0. The minimum Gasteiger partial charge on any atom is -0.462 e. The smallest absolute Gasteiger partial charge is 0.370 e. The van der Waals surface area contributed by atoms with Crippen LogP contribution in [0.25, 0.3) is 0 Å². The SMILES string of the molecule is CCCC(OC(=O)c1ccccc1C(=O)OCC)P(=O)(OCC)OCC. The van der Waals surface area contributed by atoms with Crippen molar-refractivity contribution in [3.05, 3.63) is 35.4 Å². The fourth-order valence-electron chi connectivity index (χ4n) is 2.33. The van der Waals surface area contributed by atoms with E-state index in [1.807, 2.05) is 6.92 Å². The largest absolute Gasteiger partial charge is 0.462 e. The summed E-state index contributed by atoms with van der Waals surface area (Å²) in [5, 5.41) is 0. The Morgan fingerprint density at radius 1 is 0.923 bits per heavy atom. The molecule has 0 aromatic heterocycles. The third kappa shape index (κ3) is 5.94. The zero-order chi connectivity index (χ0) is 19.6. The van der Waals surface area contributed by atoms with Gasteiger partial charge < -0.3 is 18.5 Å². The highest BCUT2D eigenvalue weighted by Gasteiger charge is 2.38. The molecule has 0 spiro atoms. The van der Waals surface area contributed by atoms with Gasteiger partial charge in [0.1, 0.15) is 0 Å². The standard InChI is InChI=1S/C18H27O7P/c1-5-11-16(26(21,23-7-3)24-8-4)25-18(20)15-13-10-9-12-14(15)17(19)22-6-2/h9-10,12-13,16H,5-8,11H2,1-4H3. The molecule has 0 aliphatic rings. The Labute approximate surface area is 154 Å². The average molecular weight is 386 g/mol. The van der Waals surface area contributed by atoms with Crippen LogP contribution in [0.5, 0.6) is 0 Å². The molecule has 146 valence electrons. The molecule has 1 aromatic carbocycles. The van der Waals surface area contributed by atoms with Crippen molar-refractivity contribution >= 4 is 19.5 Å². The number of carbonyl (C=O) groups is 2. The maximum Gasteiger partial charge on any atom is 0.370 e. The first-order valence-electron chi connectivity index (χ1n) is 8.79. The van der Waals surface area contributed by atoms with E-state index in [0.29, 0.717) is 12.8 Å². The molecule has 1 unspecified atom stereocenters. The van der Waals surface area contributed by atoms with Crippen LogP contribution in [0, 0.1) is 0 Å². The Hall–Kier alpha value is -1.69. The predicted octanol–water partition coefficient (Wildman–Crippen LogP) is 4.41. The van der Waals surface area contributed by atoms with Gasteiger partial charge in [-0.3, -0.25) is 4.57 Å². The lowest BCUT2D eigenvalue weighted by Gasteiger charge is -2.26. The van der Waals surface area contributed by atoms with Crippen molar-refractivity contribution in [3.63, 3.8) is 0 Å². The van der Waals surface area contributed by atoms with Gasteiger partial charge in [0.25, 0.3) is 0 Å². The van der Waals surface area contributed by atoms with E-state index < -0.39 is 25.4 Å². The van der Waals surface area contributed by atoms with Crippen LogP contribution in [0.3, 0.4) is 0 Å². The summed E-state index contributed by atoms with van der Waals surface area (Å²) in [6.07, 6.45) is 0.923. The molecular formula is C18H27O7P. The highest BCUT2D eigenvalue weighted by molar-refractivity contribution is 7.54. The second-order valence-electron chi connectivity index (χ2n) is 5.29. The summed E-state index contributed by atoms with van der Waals surface area (Å²) in [4.78, 5) is 24.7. The molecule has 0 radical (unpaired) electrons. The lowest BCUT2D eigenvalue weighted by molar-refractivity contribution is 0.0341. The predicted molar refractivity (Wildman–Crippen MR) is 97.4 cm³/mol. The van der Waals surface area contributed by atoms with E-state index in [4.69, 9.17) is 18.5 Å². The van der Waals surface area contributed by atoms with Crippen LogP contribution in [0.4, 0.5) is 0 Å². The van der Waals surface area contributed by atoms with Crippen LogP contribution in [-0.2, 0) is 23.1 Å². The summed E-state index contributed by atoms with van der Waals surface area (Å²) in [7, 11) is -3.63. The number of carbonyl (C=O) groups excluding carboxylic acids is 2. The molecule has 0 N–H and O–H groups in total. The Morgan fingerprint density at radius 2 is 1.46 bits per heavy atom. The normalized spacial score (nSPS) is 12.5. The lowest BCUT2D eigenvalue weighted by Crippen LogP contribution is -2.23. The number of benzene rings is 1. The van der Waals surface area contributed by atoms with Crippen LogP contribution in [0.15, 0.2) is 24.3 Å². The van der Waals surface area contributed by atoms with Gasteiger partial charge in [-0.15, -0.1) is 0 Å². The van der Waals surface area contributed by atoms with Gasteiger partial charge in [-0.05, 0) is 39.3 Å². The highest BCUT2D eigenvalue weighted by Crippen LogP contribution is 2.55. The minimum absolute atomic E-state index is 0.0478. The third-order valence-electron chi connectivity index (χ3n) is 3.39. The number of rotatable bonds is 11. The van der Waals surface area contributed by atoms with Crippen molar-refractivity contribution in [2.75, 3.05) is 19.8 Å². The minimum atomic E-state index is -3.63. The zero-order valence-corrected chi connectivity index (χ0v) is 16.6. The van der Waals surface area contributed by atoms with Crippen molar-refractivity contribution < 1.29 is 32.7 Å². The maximum absolute atomic E-state index is 13.0. The monoisotopic (exact) mass is 386 g/mol. The van der Waals surface area contributed by atoms with Gasteiger partial charge in [-0.2, -0.15) is 0 Å². The van der Waals surface area contributed by atoms with Crippen molar-refractivity contribution in [3.8, 4) is 0 Å². The van der Waals surface area contributed by atoms with Gasteiger partial charge >= 0.3 is 19.5 Å². The quantitative estimate of drug-likeness (QED) is 0.411. The van der Waals surface area contributed by atoms with E-state index in [1.165, 1.54) is 12.1 Å². The third-order valence-corrected chi connectivity index (χ3v) is 5.70. The molecule has 0 aliphatic carbocycles. The van der Waals surface area contributed by atoms with Gasteiger partial charge in [0.15, 0.2) is 0 Å². The molecule has 8 heteroatoms. The first-order chi connectivity index (χ1) is 12.4. The second-order valence-corrected chi connectivity index (χ2v) is 7.46. The number of esters is 2. The molecule has 1 rings (SSSR count). The molecule has 0 saturated carbocycles. The second kappa shape index (κ2) is 11.1. The Morgan fingerprint density at radius 3 is 1.92 bits per heavy atom. The molecule has 0 fully saturated rings. The van der Waals surface area contributed by atoms with E-state index in [9.17, 15) is 14.2 Å². The van der Waals surface area contributed by atoms with Gasteiger partial charge in [-0.1, -0.05) is 25.5 Å². The lowest BCUT2D eigenvalue weighted by atomic mass is 10.1. The Balaban J connectivity index is 3.12. The first kappa shape index (κ1) is 22.4. The van der Waals surface area contributed by atoms with Crippen molar-refractivity contribution in [1.82, 2.24) is 0 Å². The van der Waals surface area contributed by atoms with Crippen molar-refractivity contribution in [1.29, 1.82) is 0 Å². The number of hydrogen-bond acceptors (Lipinski definition) is 7. The number of hydrogen-bond donors (Lipinski definition) is 0. The Bertz CT molecular complexity index is 634. The topological polar surface area (TPSA) is 88.1 Å². The highest BCUT2D eigenvalue weighted by atomic mass is 31.2. The molecule has 0 bridgehead atoms. The van der Waals surface area contributed by atoms with E-state index in [1.54, 1.807) is 32.9 Å². The molecule has 7 nitrogen and oxygen atoms in total. The zero-order valence-electron chi connectivity index (χ0n) is 15.7.